The molecule has 0 N–H and O–H groups in total. The number of unbranched alkanes of at least 4 members (excludes halogenated alkanes) is 26. The van der Waals surface area contributed by atoms with Crippen molar-refractivity contribution in [2.75, 3.05) is 13.2 Å². The lowest BCUT2D eigenvalue weighted by molar-refractivity contribution is 0.0529. The second-order valence-corrected chi connectivity index (χ2v) is 12.5. The summed E-state index contributed by atoms with van der Waals surface area (Å²) in [6.45, 7) is 5.54. The Morgan fingerprint density at radius 1 is 0.357 bits per heavy atom. The van der Waals surface area contributed by atoms with Gasteiger partial charge in [0, 0.05) is 0 Å². The third-order valence-corrected chi connectivity index (χ3v) is 8.25. The summed E-state index contributed by atoms with van der Waals surface area (Å²) >= 11 is 0. The van der Waals surface area contributed by atoms with E-state index in [1.54, 1.807) is 0 Å². The molecule has 0 aromatic carbocycles. The van der Waals surface area contributed by atoms with Crippen LogP contribution in [0.5, 0.6) is 0 Å². The first-order valence-electron chi connectivity index (χ1n) is 18.9. The van der Waals surface area contributed by atoms with E-state index in [0.717, 1.165) is 25.7 Å². The summed E-state index contributed by atoms with van der Waals surface area (Å²) in [4.78, 5) is 11.7. The van der Waals surface area contributed by atoms with Crippen molar-refractivity contribution in [1.82, 2.24) is 0 Å². The molecule has 0 saturated carbocycles. The van der Waals surface area contributed by atoms with Crippen molar-refractivity contribution in [1.29, 1.82) is 0 Å². The van der Waals surface area contributed by atoms with Crippen molar-refractivity contribution in [3.05, 3.63) is 24.3 Å². The fraction of sp³-hybridized carbons (Fsp3) is 0.872. The van der Waals surface area contributed by atoms with E-state index in [0.29, 0.717) is 13.2 Å². The Bertz CT molecular complexity index is 568. The molecule has 42 heavy (non-hydrogen) atoms. The van der Waals surface area contributed by atoms with E-state index >= 15 is 0 Å². The zero-order chi connectivity index (χ0) is 30.4. The number of carbonyl (C=O) groups excluding carboxylic acids is 1. The first-order chi connectivity index (χ1) is 20.8. The summed E-state index contributed by atoms with van der Waals surface area (Å²) in [5, 5.41) is 0. The molecule has 0 atom stereocenters. The first kappa shape index (κ1) is 40.8. The Hall–Kier alpha value is -1.25. The maximum Gasteiger partial charge on any atom is 0.508 e. The van der Waals surface area contributed by atoms with E-state index in [9.17, 15) is 4.79 Å². The molecular weight excluding hydrogens is 516 g/mol. The van der Waals surface area contributed by atoms with Crippen molar-refractivity contribution in [2.24, 2.45) is 0 Å². The number of rotatable bonds is 34. The van der Waals surface area contributed by atoms with Gasteiger partial charge < -0.3 is 9.47 Å². The second-order valence-electron chi connectivity index (χ2n) is 12.5. The molecule has 0 radical (unpaired) electrons. The third-order valence-electron chi connectivity index (χ3n) is 8.25. The summed E-state index contributed by atoms with van der Waals surface area (Å²) in [7, 11) is 0. The number of ether oxygens (including phenoxy) is 2. The van der Waals surface area contributed by atoms with E-state index in [4.69, 9.17) is 9.47 Å². The van der Waals surface area contributed by atoms with Crippen molar-refractivity contribution in [3.63, 3.8) is 0 Å². The number of hydrogen-bond donors (Lipinski definition) is 0. The minimum Gasteiger partial charge on any atom is -0.434 e. The van der Waals surface area contributed by atoms with Crippen LogP contribution in [0, 0.1) is 0 Å². The van der Waals surface area contributed by atoms with Crippen LogP contribution in [0.15, 0.2) is 24.3 Å². The van der Waals surface area contributed by atoms with Crippen molar-refractivity contribution >= 4 is 6.16 Å². The summed E-state index contributed by atoms with van der Waals surface area (Å²) in [5.41, 5.74) is 0. The van der Waals surface area contributed by atoms with Crippen LogP contribution in [0.25, 0.3) is 0 Å². The van der Waals surface area contributed by atoms with Crippen LogP contribution in [0.4, 0.5) is 4.79 Å². The van der Waals surface area contributed by atoms with Gasteiger partial charge in [-0.25, -0.2) is 4.79 Å². The van der Waals surface area contributed by atoms with Gasteiger partial charge in [-0.05, 0) is 64.2 Å². The van der Waals surface area contributed by atoms with Gasteiger partial charge in [-0.15, -0.1) is 0 Å². The van der Waals surface area contributed by atoms with Gasteiger partial charge in [0.2, 0.25) is 0 Å². The van der Waals surface area contributed by atoms with Gasteiger partial charge in [-0.2, -0.15) is 0 Å². The zero-order valence-electron chi connectivity index (χ0n) is 28.7. The van der Waals surface area contributed by atoms with Crippen LogP contribution in [0.1, 0.15) is 206 Å². The number of carbonyl (C=O) groups is 1. The third kappa shape index (κ3) is 36.8. The monoisotopic (exact) mass is 591 g/mol. The Morgan fingerprint density at radius 2 is 0.595 bits per heavy atom. The van der Waals surface area contributed by atoms with Gasteiger partial charge in [0.05, 0.1) is 13.2 Å². The molecule has 248 valence electrons. The molecule has 0 amide bonds. The largest absolute Gasteiger partial charge is 0.508 e. The van der Waals surface area contributed by atoms with Crippen LogP contribution in [-0.4, -0.2) is 19.4 Å². The molecule has 0 aliphatic rings. The lowest BCUT2D eigenvalue weighted by atomic mass is 10.1. The zero-order valence-corrected chi connectivity index (χ0v) is 28.7. The highest BCUT2D eigenvalue weighted by atomic mass is 16.7. The molecule has 0 fully saturated rings. The highest BCUT2D eigenvalue weighted by Crippen LogP contribution is 2.13. The van der Waals surface area contributed by atoms with Crippen molar-refractivity contribution in [2.45, 2.75) is 206 Å². The molecule has 3 nitrogen and oxygen atoms in total. The van der Waals surface area contributed by atoms with Gasteiger partial charge in [-0.1, -0.05) is 167 Å². The minimum atomic E-state index is -0.482. The highest BCUT2D eigenvalue weighted by Gasteiger charge is 2.03. The molecule has 0 bridgehead atoms. The van der Waals surface area contributed by atoms with E-state index in [1.807, 2.05) is 0 Å². The number of allylic oxidation sites excluding steroid dienone is 4. The Balaban J connectivity index is 3.20. The summed E-state index contributed by atoms with van der Waals surface area (Å²) in [6, 6.07) is 0. The maximum absolute atomic E-state index is 11.7. The Labute approximate surface area is 264 Å². The molecule has 0 rings (SSSR count). The Morgan fingerprint density at radius 3 is 0.905 bits per heavy atom. The Kier molecular flexibility index (Phi) is 36.7. The average molecular weight is 591 g/mol. The van der Waals surface area contributed by atoms with E-state index in [1.165, 1.54) is 167 Å². The first-order valence-corrected chi connectivity index (χ1v) is 18.9. The van der Waals surface area contributed by atoms with E-state index in [2.05, 4.69) is 38.2 Å². The molecule has 0 heterocycles. The predicted octanol–water partition coefficient (Wildman–Crippen LogP) is 14.0. The molecular formula is C39H74O3. The lowest BCUT2D eigenvalue weighted by Gasteiger charge is -2.06. The summed E-state index contributed by atoms with van der Waals surface area (Å²) in [6.07, 6.45) is 48.0. The van der Waals surface area contributed by atoms with Crippen LogP contribution >= 0.6 is 0 Å². The van der Waals surface area contributed by atoms with Crippen LogP contribution < -0.4 is 0 Å². The normalized spacial score (nSPS) is 11.7. The molecule has 0 aliphatic heterocycles. The molecule has 0 aromatic heterocycles. The average Bonchev–Trinajstić information content (AvgIpc) is 3.00. The van der Waals surface area contributed by atoms with Gasteiger partial charge in [-0.3, -0.25) is 0 Å². The molecule has 0 aliphatic carbocycles. The van der Waals surface area contributed by atoms with Gasteiger partial charge in [0.15, 0.2) is 0 Å². The summed E-state index contributed by atoms with van der Waals surface area (Å²) in [5.74, 6) is 0. The number of hydrogen-bond acceptors (Lipinski definition) is 3. The van der Waals surface area contributed by atoms with E-state index < -0.39 is 6.16 Å². The van der Waals surface area contributed by atoms with Crippen LogP contribution in [-0.2, 0) is 9.47 Å². The topological polar surface area (TPSA) is 35.5 Å². The SMILES string of the molecule is CCCCCCC=CCCCCCCCCOC(=O)OCCCCCCCCCCCCC=CCCCCCCCC. The second kappa shape index (κ2) is 37.8. The van der Waals surface area contributed by atoms with Gasteiger partial charge >= 0.3 is 6.16 Å². The fourth-order valence-corrected chi connectivity index (χ4v) is 5.41. The summed E-state index contributed by atoms with van der Waals surface area (Å²) < 4.78 is 10.4. The maximum atomic E-state index is 11.7. The highest BCUT2D eigenvalue weighted by molar-refractivity contribution is 5.59. The molecule has 3 heteroatoms. The quantitative estimate of drug-likeness (QED) is 0.0425. The molecule has 0 unspecified atom stereocenters. The molecule has 0 spiro atoms. The van der Waals surface area contributed by atoms with E-state index in [-0.39, 0.29) is 0 Å². The van der Waals surface area contributed by atoms with Crippen molar-refractivity contribution in [3.8, 4) is 0 Å². The van der Waals surface area contributed by atoms with Crippen LogP contribution in [0.3, 0.4) is 0 Å². The van der Waals surface area contributed by atoms with Gasteiger partial charge in [0.1, 0.15) is 0 Å². The standard InChI is InChI=1S/C39H74O3/c1-3-5-7-9-11-13-15-17-19-20-21-22-23-24-26-28-30-32-34-36-38-42-39(40)41-37-35-33-31-29-27-25-18-16-14-12-10-8-6-4-2/h14,16-17,19H,3-13,15,18,20-38H2,1-2H3. The minimum absolute atomic E-state index is 0.482. The fourth-order valence-electron chi connectivity index (χ4n) is 5.41. The van der Waals surface area contributed by atoms with Crippen LogP contribution in [0.2, 0.25) is 0 Å². The smallest absolute Gasteiger partial charge is 0.434 e. The predicted molar refractivity (Wildman–Crippen MR) is 185 cm³/mol. The molecule has 0 aromatic rings. The van der Waals surface area contributed by atoms with Crippen molar-refractivity contribution < 1.29 is 14.3 Å². The molecule has 0 saturated heterocycles. The van der Waals surface area contributed by atoms with Gasteiger partial charge in [0.25, 0.3) is 0 Å². The lowest BCUT2D eigenvalue weighted by Crippen LogP contribution is -2.09.